The molecule has 0 aliphatic rings. The number of halogens is 6. The molecule has 130 valence electrons. The van der Waals surface area contributed by atoms with Crippen LogP contribution in [0.2, 0.25) is 0 Å². The molecule has 0 aliphatic heterocycles. The van der Waals surface area contributed by atoms with E-state index in [4.69, 9.17) is 0 Å². The average Bonchev–Trinajstić information content (AvgIpc) is 2.09. The largest absolute Gasteiger partial charge is 0.389 e. The molecule has 0 aromatic rings. The Morgan fingerprint density at radius 3 is 1.00 bits per heavy atom. The summed E-state index contributed by atoms with van der Waals surface area (Å²) < 4.78 is 69.7. The highest BCUT2D eigenvalue weighted by Crippen LogP contribution is 2.29. The van der Waals surface area contributed by atoms with Crippen molar-refractivity contribution in [1.82, 2.24) is 0 Å². The summed E-state index contributed by atoms with van der Waals surface area (Å²) in [7, 11) is 0. The fourth-order valence-electron chi connectivity index (χ4n) is 1.34. The lowest BCUT2D eigenvalue weighted by atomic mass is 9.90. The molecule has 0 unspecified atom stereocenters. The SMILES string of the molecule is CC(C)(C)CCC(F)(F)F.CC(C)(C)CCCC(F)(F)F. The average molecular weight is 322 g/mol. The maximum atomic E-state index is 11.6. The van der Waals surface area contributed by atoms with Crippen LogP contribution in [-0.2, 0) is 0 Å². The molecule has 0 saturated carbocycles. The summed E-state index contributed by atoms with van der Waals surface area (Å²) in [4.78, 5) is 0. The van der Waals surface area contributed by atoms with Gasteiger partial charge in [0.05, 0.1) is 0 Å². The summed E-state index contributed by atoms with van der Waals surface area (Å²) in [6.45, 7) is 11.3. The van der Waals surface area contributed by atoms with Crippen LogP contribution in [0.15, 0.2) is 0 Å². The van der Waals surface area contributed by atoms with Crippen LogP contribution in [0.25, 0.3) is 0 Å². The first-order chi connectivity index (χ1) is 8.91. The van der Waals surface area contributed by atoms with E-state index in [1.165, 1.54) is 0 Å². The first-order valence-electron chi connectivity index (χ1n) is 7.05. The van der Waals surface area contributed by atoms with Gasteiger partial charge in [-0.15, -0.1) is 0 Å². The lowest BCUT2D eigenvalue weighted by Crippen LogP contribution is -2.13. The number of alkyl halides is 6. The third-order valence-electron chi connectivity index (χ3n) is 2.55. The Hall–Kier alpha value is -0.420. The second-order valence-corrected chi connectivity index (χ2v) is 7.71. The molecule has 0 aliphatic carbocycles. The molecule has 0 aromatic heterocycles. The van der Waals surface area contributed by atoms with Gasteiger partial charge in [-0.3, -0.25) is 0 Å². The summed E-state index contributed by atoms with van der Waals surface area (Å²) in [5, 5.41) is 0. The third-order valence-corrected chi connectivity index (χ3v) is 2.55. The smallest absolute Gasteiger partial charge is 0.171 e. The summed E-state index contributed by atoms with van der Waals surface area (Å²) >= 11 is 0. The van der Waals surface area contributed by atoms with Crippen molar-refractivity contribution in [2.45, 2.75) is 86.0 Å². The quantitative estimate of drug-likeness (QED) is 0.484. The summed E-state index contributed by atoms with van der Waals surface area (Å²) in [5.41, 5.74) is -0.194. The topological polar surface area (TPSA) is 0 Å². The van der Waals surface area contributed by atoms with Crippen molar-refractivity contribution in [3.05, 3.63) is 0 Å². The lowest BCUT2D eigenvalue weighted by Gasteiger charge is -2.18. The maximum absolute atomic E-state index is 11.6. The molecule has 0 N–H and O–H groups in total. The van der Waals surface area contributed by atoms with E-state index in [1.54, 1.807) is 20.8 Å². The monoisotopic (exact) mass is 322 g/mol. The van der Waals surface area contributed by atoms with Gasteiger partial charge in [-0.05, 0) is 30.1 Å². The normalized spacial score (nSPS) is 13.7. The molecule has 0 nitrogen and oxygen atoms in total. The van der Waals surface area contributed by atoms with E-state index in [1.807, 2.05) is 20.8 Å². The van der Waals surface area contributed by atoms with Crippen molar-refractivity contribution in [2.24, 2.45) is 10.8 Å². The van der Waals surface area contributed by atoms with Crippen molar-refractivity contribution in [2.75, 3.05) is 0 Å². The van der Waals surface area contributed by atoms with Crippen LogP contribution in [0, 0.1) is 10.8 Å². The van der Waals surface area contributed by atoms with Gasteiger partial charge in [0, 0.05) is 12.8 Å². The van der Waals surface area contributed by atoms with E-state index in [0.717, 1.165) is 0 Å². The Bertz CT molecular complexity index is 234. The Kier molecular flexibility index (Phi) is 9.01. The molecule has 0 rings (SSSR count). The van der Waals surface area contributed by atoms with Crippen LogP contribution in [0.3, 0.4) is 0 Å². The van der Waals surface area contributed by atoms with Gasteiger partial charge in [0.15, 0.2) is 0 Å². The van der Waals surface area contributed by atoms with Crippen LogP contribution in [0.4, 0.5) is 26.3 Å². The minimum atomic E-state index is -3.99. The molecule has 0 heterocycles. The van der Waals surface area contributed by atoms with Gasteiger partial charge in [-0.1, -0.05) is 41.5 Å². The lowest BCUT2D eigenvalue weighted by molar-refractivity contribution is -0.139. The first-order valence-corrected chi connectivity index (χ1v) is 7.05. The highest BCUT2D eigenvalue weighted by molar-refractivity contribution is 4.64. The predicted octanol–water partition coefficient (Wildman–Crippen LogP) is 7.14. The zero-order valence-electron chi connectivity index (χ0n) is 13.8. The predicted molar refractivity (Wildman–Crippen MR) is 74.1 cm³/mol. The first kappa shape index (κ1) is 22.9. The van der Waals surface area contributed by atoms with Gasteiger partial charge in [-0.2, -0.15) is 26.3 Å². The molecular formula is C15H28F6. The third kappa shape index (κ3) is 28.5. The van der Waals surface area contributed by atoms with Crippen molar-refractivity contribution < 1.29 is 26.3 Å². The molecule has 0 amide bonds. The number of rotatable bonds is 3. The minimum Gasteiger partial charge on any atom is -0.171 e. The number of hydrogen-bond donors (Lipinski definition) is 0. The van der Waals surface area contributed by atoms with E-state index in [-0.39, 0.29) is 23.7 Å². The second-order valence-electron chi connectivity index (χ2n) is 7.71. The van der Waals surface area contributed by atoms with Crippen molar-refractivity contribution >= 4 is 0 Å². The fraction of sp³-hybridized carbons (Fsp3) is 1.00. The van der Waals surface area contributed by atoms with Gasteiger partial charge in [-0.25, -0.2) is 0 Å². The van der Waals surface area contributed by atoms with Gasteiger partial charge in [0.25, 0.3) is 0 Å². The van der Waals surface area contributed by atoms with Gasteiger partial charge < -0.3 is 0 Å². The van der Waals surface area contributed by atoms with E-state index in [9.17, 15) is 26.3 Å². The molecule has 6 heteroatoms. The zero-order valence-corrected chi connectivity index (χ0v) is 13.8. The highest BCUT2D eigenvalue weighted by atomic mass is 19.4. The molecule has 0 spiro atoms. The van der Waals surface area contributed by atoms with E-state index in [2.05, 4.69) is 0 Å². The fourth-order valence-corrected chi connectivity index (χ4v) is 1.34. The van der Waals surface area contributed by atoms with Gasteiger partial charge in [0.2, 0.25) is 0 Å². The second kappa shape index (κ2) is 8.28. The molecule has 0 saturated heterocycles. The summed E-state index contributed by atoms with van der Waals surface area (Å²) in [5.74, 6) is 0. The van der Waals surface area contributed by atoms with Crippen molar-refractivity contribution in [1.29, 1.82) is 0 Å². The standard InChI is InChI=1S/C8H15F3.C7H13F3/c1-7(2,3)5-4-6-8(9,10)11;1-6(2,3)4-5-7(8,9)10/h4-6H2,1-3H3;4-5H2,1-3H3. The van der Waals surface area contributed by atoms with Gasteiger partial charge in [0.1, 0.15) is 0 Å². The Morgan fingerprint density at radius 2 is 0.810 bits per heavy atom. The Labute approximate surface area is 124 Å². The highest BCUT2D eigenvalue weighted by Gasteiger charge is 2.29. The Balaban J connectivity index is 0. The molecule has 0 aromatic carbocycles. The van der Waals surface area contributed by atoms with Gasteiger partial charge >= 0.3 is 12.4 Å². The molecule has 0 atom stereocenters. The van der Waals surface area contributed by atoms with Crippen molar-refractivity contribution in [3.8, 4) is 0 Å². The van der Waals surface area contributed by atoms with Crippen LogP contribution in [0.5, 0.6) is 0 Å². The molecule has 21 heavy (non-hydrogen) atoms. The maximum Gasteiger partial charge on any atom is 0.389 e. The van der Waals surface area contributed by atoms with Crippen LogP contribution < -0.4 is 0 Å². The summed E-state index contributed by atoms with van der Waals surface area (Å²) in [6.07, 6.45) is -8.21. The van der Waals surface area contributed by atoms with Crippen molar-refractivity contribution in [3.63, 3.8) is 0 Å². The molecular weight excluding hydrogens is 294 g/mol. The zero-order chi connectivity index (χ0) is 17.5. The Morgan fingerprint density at radius 1 is 0.476 bits per heavy atom. The van der Waals surface area contributed by atoms with E-state index < -0.39 is 25.2 Å². The minimum absolute atomic E-state index is 0.0191. The van der Waals surface area contributed by atoms with E-state index in [0.29, 0.717) is 6.42 Å². The van der Waals surface area contributed by atoms with E-state index >= 15 is 0 Å². The molecule has 0 radical (unpaired) electrons. The van der Waals surface area contributed by atoms with Crippen LogP contribution in [0.1, 0.15) is 73.6 Å². The molecule has 0 fully saturated rings. The summed E-state index contributed by atoms with van der Waals surface area (Å²) in [6, 6.07) is 0. The van der Waals surface area contributed by atoms with Crippen LogP contribution >= 0.6 is 0 Å². The molecule has 0 bridgehead atoms. The number of hydrogen-bond acceptors (Lipinski definition) is 0. The van der Waals surface area contributed by atoms with Crippen LogP contribution in [-0.4, -0.2) is 12.4 Å².